The first-order chi connectivity index (χ1) is 11.6. The van der Waals surface area contributed by atoms with E-state index in [0.29, 0.717) is 22.8 Å². The van der Waals surface area contributed by atoms with Crippen molar-refractivity contribution < 1.29 is 5.11 Å². The van der Waals surface area contributed by atoms with Crippen molar-refractivity contribution >= 4 is 17.2 Å². The van der Waals surface area contributed by atoms with E-state index < -0.39 is 0 Å². The Morgan fingerprint density at radius 1 is 1.25 bits per heavy atom. The predicted octanol–water partition coefficient (Wildman–Crippen LogP) is 3.64. The Balaban J connectivity index is 0.00000100. The van der Waals surface area contributed by atoms with Gasteiger partial charge in [-0.2, -0.15) is 5.10 Å². The Bertz CT molecular complexity index is 858. The molecule has 24 heavy (non-hydrogen) atoms. The fourth-order valence-electron chi connectivity index (χ4n) is 2.63. The molecule has 0 saturated heterocycles. The minimum absolute atomic E-state index is 0.112. The lowest BCUT2D eigenvalue weighted by molar-refractivity contribution is 0.283. The summed E-state index contributed by atoms with van der Waals surface area (Å²) in [7, 11) is 0. The SMILES string of the molecule is CC.Cc1ccc(-c2c(CN)c(C)nc3c(CO)cnn23)c(Cl)c1. The summed E-state index contributed by atoms with van der Waals surface area (Å²) < 4.78 is 1.71. The van der Waals surface area contributed by atoms with Gasteiger partial charge < -0.3 is 10.8 Å². The maximum atomic E-state index is 9.45. The van der Waals surface area contributed by atoms with E-state index in [9.17, 15) is 5.11 Å². The molecule has 3 rings (SSSR count). The Morgan fingerprint density at radius 2 is 1.96 bits per heavy atom. The first-order valence-corrected chi connectivity index (χ1v) is 8.38. The molecule has 0 unspecified atom stereocenters. The number of aromatic nitrogens is 3. The van der Waals surface area contributed by atoms with Gasteiger partial charge in [0.2, 0.25) is 0 Å². The smallest absolute Gasteiger partial charge is 0.161 e. The van der Waals surface area contributed by atoms with E-state index in [1.807, 2.05) is 45.9 Å². The van der Waals surface area contributed by atoms with Crippen LogP contribution in [0.2, 0.25) is 5.02 Å². The highest BCUT2D eigenvalue weighted by molar-refractivity contribution is 6.33. The third kappa shape index (κ3) is 3.15. The van der Waals surface area contributed by atoms with Crippen LogP contribution in [0.25, 0.3) is 16.9 Å². The van der Waals surface area contributed by atoms with Crippen molar-refractivity contribution in [2.75, 3.05) is 0 Å². The van der Waals surface area contributed by atoms with Gasteiger partial charge in [-0.25, -0.2) is 9.50 Å². The zero-order valence-electron chi connectivity index (χ0n) is 14.5. The van der Waals surface area contributed by atoms with Gasteiger partial charge in [-0.05, 0) is 25.5 Å². The van der Waals surface area contributed by atoms with Crippen molar-refractivity contribution in [3.05, 3.63) is 51.8 Å². The van der Waals surface area contributed by atoms with Crippen LogP contribution in [-0.2, 0) is 13.2 Å². The van der Waals surface area contributed by atoms with Gasteiger partial charge in [-0.1, -0.05) is 37.6 Å². The van der Waals surface area contributed by atoms with Crippen molar-refractivity contribution in [3.63, 3.8) is 0 Å². The molecular weight excluding hydrogens is 324 g/mol. The summed E-state index contributed by atoms with van der Waals surface area (Å²) in [5.41, 5.74) is 11.7. The number of aliphatic hydroxyl groups excluding tert-OH is 1. The van der Waals surface area contributed by atoms with E-state index >= 15 is 0 Å². The molecular formula is C18H23ClN4O. The number of hydrogen-bond acceptors (Lipinski definition) is 4. The van der Waals surface area contributed by atoms with E-state index in [2.05, 4.69) is 10.1 Å². The molecule has 0 aliphatic heterocycles. The number of halogens is 1. The van der Waals surface area contributed by atoms with E-state index in [4.69, 9.17) is 17.3 Å². The van der Waals surface area contributed by atoms with Crippen molar-refractivity contribution in [2.24, 2.45) is 5.73 Å². The van der Waals surface area contributed by atoms with Crippen LogP contribution in [0.4, 0.5) is 0 Å². The summed E-state index contributed by atoms with van der Waals surface area (Å²) in [6.07, 6.45) is 1.62. The molecule has 0 spiro atoms. The molecule has 0 saturated carbocycles. The minimum Gasteiger partial charge on any atom is -0.391 e. The molecule has 6 heteroatoms. The number of nitrogens with two attached hydrogens (primary N) is 1. The zero-order valence-corrected chi connectivity index (χ0v) is 15.2. The van der Waals surface area contributed by atoms with Gasteiger partial charge >= 0.3 is 0 Å². The van der Waals surface area contributed by atoms with Crippen molar-refractivity contribution in [3.8, 4) is 11.3 Å². The maximum absolute atomic E-state index is 9.45. The summed E-state index contributed by atoms with van der Waals surface area (Å²) in [4.78, 5) is 4.53. The third-order valence-corrected chi connectivity index (χ3v) is 4.09. The standard InChI is InChI=1S/C16H17ClN4O.C2H6/c1-9-3-4-12(14(17)5-9)15-13(6-18)10(2)20-16-11(8-22)7-19-21(15)16;1-2/h3-5,7,22H,6,8,18H2,1-2H3;1-2H3. The second-order valence-electron chi connectivity index (χ2n) is 5.28. The lowest BCUT2D eigenvalue weighted by atomic mass is 10.0. The van der Waals surface area contributed by atoms with Gasteiger partial charge in [0.25, 0.3) is 0 Å². The normalized spacial score (nSPS) is 10.6. The van der Waals surface area contributed by atoms with Crippen LogP contribution < -0.4 is 5.73 Å². The van der Waals surface area contributed by atoms with Crippen LogP contribution in [0.1, 0.15) is 36.2 Å². The quantitative estimate of drug-likeness (QED) is 0.759. The molecule has 0 aliphatic carbocycles. The molecule has 0 bridgehead atoms. The monoisotopic (exact) mass is 346 g/mol. The van der Waals surface area contributed by atoms with Crippen molar-refractivity contribution in [1.82, 2.24) is 14.6 Å². The molecule has 0 fully saturated rings. The van der Waals surface area contributed by atoms with Gasteiger partial charge in [0.15, 0.2) is 5.65 Å². The number of hydrogen-bond donors (Lipinski definition) is 2. The summed E-state index contributed by atoms with van der Waals surface area (Å²) >= 11 is 6.43. The van der Waals surface area contributed by atoms with Gasteiger partial charge in [-0.3, -0.25) is 0 Å². The molecule has 0 amide bonds. The van der Waals surface area contributed by atoms with E-state index in [1.54, 1.807) is 10.7 Å². The lowest BCUT2D eigenvalue weighted by Crippen LogP contribution is -2.10. The fraction of sp³-hybridized carbons (Fsp3) is 0.333. The van der Waals surface area contributed by atoms with Crippen molar-refractivity contribution in [2.45, 2.75) is 40.8 Å². The topological polar surface area (TPSA) is 76.4 Å². The minimum atomic E-state index is -0.112. The molecule has 0 aliphatic rings. The molecule has 0 radical (unpaired) electrons. The summed E-state index contributed by atoms with van der Waals surface area (Å²) in [6.45, 7) is 8.12. The molecule has 5 nitrogen and oxygen atoms in total. The highest BCUT2D eigenvalue weighted by Gasteiger charge is 2.18. The van der Waals surface area contributed by atoms with Crippen LogP contribution in [0.15, 0.2) is 24.4 Å². The van der Waals surface area contributed by atoms with Crippen LogP contribution in [0, 0.1) is 13.8 Å². The Labute approximate surface area is 147 Å². The van der Waals surface area contributed by atoms with Gasteiger partial charge in [-0.15, -0.1) is 0 Å². The predicted molar refractivity (Wildman–Crippen MR) is 98.1 cm³/mol. The average Bonchev–Trinajstić information content (AvgIpc) is 2.98. The number of benzene rings is 1. The zero-order chi connectivity index (χ0) is 17.9. The van der Waals surface area contributed by atoms with E-state index in [1.165, 1.54) is 0 Å². The van der Waals surface area contributed by atoms with Gasteiger partial charge in [0, 0.05) is 28.9 Å². The Kier molecular flexibility index (Phi) is 5.94. The second kappa shape index (κ2) is 7.75. The van der Waals surface area contributed by atoms with E-state index in [-0.39, 0.29) is 6.61 Å². The van der Waals surface area contributed by atoms with Crippen molar-refractivity contribution in [1.29, 1.82) is 0 Å². The van der Waals surface area contributed by atoms with Crippen LogP contribution in [0.5, 0.6) is 0 Å². The molecule has 2 aromatic heterocycles. The van der Waals surface area contributed by atoms with Crippen LogP contribution in [0.3, 0.4) is 0 Å². The lowest BCUT2D eigenvalue weighted by Gasteiger charge is -2.15. The fourth-order valence-corrected chi connectivity index (χ4v) is 2.95. The average molecular weight is 347 g/mol. The molecule has 0 atom stereocenters. The first-order valence-electron chi connectivity index (χ1n) is 8.00. The number of nitrogens with zero attached hydrogens (tertiary/aromatic N) is 3. The van der Waals surface area contributed by atoms with Crippen LogP contribution >= 0.6 is 11.6 Å². The molecule has 1 aromatic carbocycles. The number of aliphatic hydroxyl groups is 1. The molecule has 128 valence electrons. The summed E-state index contributed by atoms with van der Waals surface area (Å²) in [6, 6.07) is 5.88. The first kappa shape index (κ1) is 18.4. The largest absolute Gasteiger partial charge is 0.391 e. The third-order valence-electron chi connectivity index (χ3n) is 3.78. The molecule has 3 aromatic rings. The molecule has 2 heterocycles. The summed E-state index contributed by atoms with van der Waals surface area (Å²) in [5, 5.41) is 14.5. The van der Waals surface area contributed by atoms with Gasteiger partial charge in [0.05, 0.1) is 23.5 Å². The summed E-state index contributed by atoms with van der Waals surface area (Å²) in [5.74, 6) is 0. The maximum Gasteiger partial charge on any atom is 0.161 e. The Morgan fingerprint density at radius 3 is 2.54 bits per heavy atom. The Hall–Kier alpha value is -1.95. The second-order valence-corrected chi connectivity index (χ2v) is 5.68. The highest BCUT2D eigenvalue weighted by atomic mass is 35.5. The van der Waals surface area contributed by atoms with E-state index in [0.717, 1.165) is 28.1 Å². The molecule has 3 N–H and O–H groups in total. The number of fused-ring (bicyclic) bond motifs is 1. The number of aryl methyl sites for hydroxylation is 2. The van der Waals surface area contributed by atoms with Gasteiger partial charge in [0.1, 0.15) is 0 Å². The number of rotatable bonds is 3. The van der Waals surface area contributed by atoms with Crippen LogP contribution in [-0.4, -0.2) is 19.7 Å². The highest BCUT2D eigenvalue weighted by Crippen LogP contribution is 2.33.